The highest BCUT2D eigenvalue weighted by Crippen LogP contribution is 2.27. The molecule has 1 fully saturated rings. The van der Waals surface area contributed by atoms with E-state index in [0.717, 1.165) is 12.1 Å². The minimum atomic E-state index is -0.270. The van der Waals surface area contributed by atoms with E-state index in [4.69, 9.17) is 9.26 Å². The number of carbonyl (C=O) groups excluding carboxylic acids is 2. The zero-order chi connectivity index (χ0) is 19.1. The maximum atomic E-state index is 12.8. The molecule has 2 amide bonds. The third-order valence-electron chi connectivity index (χ3n) is 4.53. The summed E-state index contributed by atoms with van der Waals surface area (Å²) in [6.07, 6.45) is 2.63. The van der Waals surface area contributed by atoms with Gasteiger partial charge in [-0.3, -0.25) is 9.59 Å². The van der Waals surface area contributed by atoms with E-state index in [1.807, 2.05) is 30.3 Å². The first-order valence-electron chi connectivity index (χ1n) is 9.24. The summed E-state index contributed by atoms with van der Waals surface area (Å²) in [4.78, 5) is 26.4. The van der Waals surface area contributed by atoms with E-state index in [2.05, 4.69) is 10.5 Å². The summed E-state index contributed by atoms with van der Waals surface area (Å²) in [5, 5.41) is 6.83. The number of amides is 2. The van der Waals surface area contributed by atoms with Crippen LogP contribution in [-0.2, 0) is 9.53 Å². The molecule has 1 aromatic carbocycles. The maximum absolute atomic E-state index is 12.8. The lowest BCUT2D eigenvalue weighted by atomic mass is 10.1. The van der Waals surface area contributed by atoms with Crippen LogP contribution < -0.4 is 5.32 Å². The van der Waals surface area contributed by atoms with Crippen molar-refractivity contribution in [1.29, 1.82) is 0 Å². The van der Waals surface area contributed by atoms with Gasteiger partial charge in [0.05, 0.1) is 6.61 Å². The number of aromatic nitrogens is 1. The van der Waals surface area contributed by atoms with Crippen LogP contribution in [0.1, 0.15) is 29.8 Å². The molecule has 1 N–H and O–H groups in total. The smallest absolute Gasteiger partial charge is 0.276 e. The fourth-order valence-corrected chi connectivity index (χ4v) is 2.70. The molecular formula is C20H25N3O4. The van der Waals surface area contributed by atoms with Crippen LogP contribution in [0.2, 0.25) is 0 Å². The van der Waals surface area contributed by atoms with Gasteiger partial charge in [-0.1, -0.05) is 35.5 Å². The third kappa shape index (κ3) is 5.65. The Morgan fingerprint density at radius 3 is 2.74 bits per heavy atom. The molecule has 0 aliphatic heterocycles. The summed E-state index contributed by atoms with van der Waals surface area (Å²) < 4.78 is 10.4. The number of carbonyl (C=O) groups is 2. The molecule has 1 heterocycles. The van der Waals surface area contributed by atoms with Crippen LogP contribution in [0.5, 0.6) is 0 Å². The van der Waals surface area contributed by atoms with Crippen molar-refractivity contribution < 1.29 is 18.8 Å². The van der Waals surface area contributed by atoms with Gasteiger partial charge in [-0.05, 0) is 18.8 Å². The summed E-state index contributed by atoms with van der Waals surface area (Å²) >= 11 is 0. The molecule has 144 valence electrons. The van der Waals surface area contributed by atoms with Crippen molar-refractivity contribution >= 4 is 11.8 Å². The van der Waals surface area contributed by atoms with Gasteiger partial charge in [0, 0.05) is 44.8 Å². The Labute approximate surface area is 158 Å². The van der Waals surface area contributed by atoms with Crippen LogP contribution in [0.25, 0.3) is 11.3 Å². The van der Waals surface area contributed by atoms with Gasteiger partial charge in [-0.25, -0.2) is 0 Å². The van der Waals surface area contributed by atoms with E-state index in [9.17, 15) is 9.59 Å². The number of hydrogen-bond acceptors (Lipinski definition) is 5. The Bertz CT molecular complexity index is 756. The van der Waals surface area contributed by atoms with E-state index >= 15 is 0 Å². The SMILES string of the molecule is COCCN(CCC(=O)NCC1CC1)C(=O)c1cc(-c2ccccc2)on1. The van der Waals surface area contributed by atoms with Crippen molar-refractivity contribution in [3.05, 3.63) is 42.1 Å². The topological polar surface area (TPSA) is 84.7 Å². The number of rotatable bonds is 10. The van der Waals surface area contributed by atoms with Crippen molar-refractivity contribution in [1.82, 2.24) is 15.4 Å². The van der Waals surface area contributed by atoms with Crippen LogP contribution in [0.4, 0.5) is 0 Å². The van der Waals surface area contributed by atoms with E-state index < -0.39 is 0 Å². The van der Waals surface area contributed by atoms with Crippen molar-refractivity contribution in [3.63, 3.8) is 0 Å². The highest BCUT2D eigenvalue weighted by Gasteiger charge is 2.23. The molecule has 0 radical (unpaired) electrons. The van der Waals surface area contributed by atoms with Gasteiger partial charge in [0.25, 0.3) is 5.91 Å². The van der Waals surface area contributed by atoms with Crippen molar-refractivity contribution in [2.45, 2.75) is 19.3 Å². The average molecular weight is 371 g/mol. The van der Waals surface area contributed by atoms with E-state index in [0.29, 0.717) is 31.4 Å². The lowest BCUT2D eigenvalue weighted by molar-refractivity contribution is -0.121. The number of ether oxygens (including phenoxy) is 1. The minimum Gasteiger partial charge on any atom is -0.383 e. The Morgan fingerprint density at radius 1 is 1.26 bits per heavy atom. The van der Waals surface area contributed by atoms with Gasteiger partial charge in [0.2, 0.25) is 5.91 Å². The van der Waals surface area contributed by atoms with Gasteiger partial charge in [0.15, 0.2) is 11.5 Å². The summed E-state index contributed by atoms with van der Waals surface area (Å²) in [6.45, 7) is 1.82. The Morgan fingerprint density at radius 2 is 2.04 bits per heavy atom. The molecule has 0 atom stereocenters. The first-order valence-corrected chi connectivity index (χ1v) is 9.24. The molecule has 0 saturated heterocycles. The molecule has 7 heteroatoms. The monoisotopic (exact) mass is 371 g/mol. The number of methoxy groups -OCH3 is 1. The average Bonchev–Trinajstić information content (AvgIpc) is 3.40. The normalized spacial score (nSPS) is 13.4. The molecule has 0 bridgehead atoms. The maximum Gasteiger partial charge on any atom is 0.276 e. The quantitative estimate of drug-likeness (QED) is 0.693. The van der Waals surface area contributed by atoms with E-state index in [1.165, 1.54) is 12.8 Å². The third-order valence-corrected chi connectivity index (χ3v) is 4.53. The zero-order valence-corrected chi connectivity index (χ0v) is 15.5. The molecule has 0 unspecified atom stereocenters. The molecule has 2 aromatic rings. The predicted molar refractivity (Wildman–Crippen MR) is 100 cm³/mol. The molecule has 1 aliphatic rings. The number of nitrogens with zero attached hydrogens (tertiary/aromatic N) is 2. The van der Waals surface area contributed by atoms with Crippen molar-refractivity contribution in [2.75, 3.05) is 33.4 Å². The second kappa shape index (κ2) is 9.32. The van der Waals surface area contributed by atoms with Crippen LogP contribution in [0, 0.1) is 5.92 Å². The Kier molecular flexibility index (Phi) is 6.59. The summed E-state index contributed by atoms with van der Waals surface area (Å²) in [5.41, 5.74) is 1.08. The molecule has 1 saturated carbocycles. The fourth-order valence-electron chi connectivity index (χ4n) is 2.70. The lowest BCUT2D eigenvalue weighted by Gasteiger charge is -2.21. The first kappa shape index (κ1) is 19.1. The molecule has 27 heavy (non-hydrogen) atoms. The second-order valence-corrected chi connectivity index (χ2v) is 6.72. The van der Waals surface area contributed by atoms with E-state index in [-0.39, 0.29) is 23.9 Å². The molecule has 3 rings (SSSR count). The van der Waals surface area contributed by atoms with Gasteiger partial charge >= 0.3 is 0 Å². The minimum absolute atomic E-state index is 0.0396. The van der Waals surface area contributed by atoms with E-state index in [1.54, 1.807) is 18.1 Å². The highest BCUT2D eigenvalue weighted by molar-refractivity contribution is 5.93. The molecular weight excluding hydrogens is 346 g/mol. The van der Waals surface area contributed by atoms with Gasteiger partial charge in [-0.15, -0.1) is 0 Å². The molecule has 7 nitrogen and oxygen atoms in total. The standard InChI is InChI=1S/C20H25N3O4/c1-26-12-11-23(10-9-19(24)21-14-15-7-8-15)20(25)17-13-18(27-22-17)16-5-3-2-4-6-16/h2-6,13,15H,7-12,14H2,1H3,(H,21,24). The molecule has 0 spiro atoms. The van der Waals surface area contributed by atoms with Gasteiger partial charge in [0.1, 0.15) is 0 Å². The molecule has 1 aromatic heterocycles. The van der Waals surface area contributed by atoms with Crippen molar-refractivity contribution in [3.8, 4) is 11.3 Å². The number of hydrogen-bond donors (Lipinski definition) is 1. The first-order chi connectivity index (χ1) is 13.2. The van der Waals surface area contributed by atoms with Crippen LogP contribution in [-0.4, -0.2) is 55.2 Å². The summed E-state index contributed by atoms with van der Waals surface area (Å²) in [6, 6.07) is 11.1. The lowest BCUT2D eigenvalue weighted by Crippen LogP contribution is -2.37. The number of benzene rings is 1. The largest absolute Gasteiger partial charge is 0.383 e. The Hall–Kier alpha value is -2.67. The Balaban J connectivity index is 1.60. The van der Waals surface area contributed by atoms with Crippen LogP contribution in [0.3, 0.4) is 0 Å². The zero-order valence-electron chi connectivity index (χ0n) is 15.5. The van der Waals surface area contributed by atoms with Gasteiger partial charge in [-0.2, -0.15) is 0 Å². The fraction of sp³-hybridized carbons (Fsp3) is 0.450. The van der Waals surface area contributed by atoms with Crippen molar-refractivity contribution in [2.24, 2.45) is 5.92 Å². The van der Waals surface area contributed by atoms with Crippen LogP contribution in [0.15, 0.2) is 40.9 Å². The van der Waals surface area contributed by atoms with Crippen LogP contribution >= 0.6 is 0 Å². The second-order valence-electron chi connectivity index (χ2n) is 6.72. The summed E-state index contributed by atoms with van der Waals surface area (Å²) in [7, 11) is 1.58. The van der Waals surface area contributed by atoms with Gasteiger partial charge < -0.3 is 19.5 Å². The highest BCUT2D eigenvalue weighted by atomic mass is 16.5. The summed E-state index contributed by atoms with van der Waals surface area (Å²) in [5.74, 6) is 0.856. The number of nitrogens with one attached hydrogen (secondary N) is 1. The molecule has 1 aliphatic carbocycles. The predicted octanol–water partition coefficient (Wildman–Crippen LogP) is 2.35.